The van der Waals surface area contributed by atoms with E-state index in [1.165, 1.54) is 0 Å². The predicted molar refractivity (Wildman–Crippen MR) is 61.3 cm³/mol. The van der Waals surface area contributed by atoms with Crippen LogP contribution in [-0.2, 0) is 6.54 Å². The van der Waals surface area contributed by atoms with Crippen molar-refractivity contribution in [1.82, 2.24) is 9.72 Å². The number of aromatic nitrogens is 2. The van der Waals surface area contributed by atoms with Gasteiger partial charge in [-0.05, 0) is 26.8 Å². The number of nitrogens with zero attached hydrogens (tertiary/aromatic N) is 2. The maximum Gasteiger partial charge on any atom is 0.250 e. The van der Waals surface area contributed by atoms with Crippen LogP contribution >= 0.6 is 0 Å². The summed E-state index contributed by atoms with van der Waals surface area (Å²) in [6.07, 6.45) is 1.84. The van der Waals surface area contributed by atoms with Crippen LogP contribution in [0.5, 0.6) is 0 Å². The van der Waals surface area contributed by atoms with E-state index in [0.717, 1.165) is 22.6 Å². The Hall–Kier alpha value is -1.84. The molecule has 4 nitrogen and oxygen atoms in total. The minimum absolute atomic E-state index is 0.0120. The molecule has 0 fully saturated rings. The lowest BCUT2D eigenvalue weighted by molar-refractivity contribution is 0.393. The molecule has 0 aliphatic heterocycles. The van der Waals surface area contributed by atoms with Gasteiger partial charge < -0.3 is 9.09 Å². The lowest BCUT2D eigenvalue weighted by Crippen LogP contribution is -2.17. The Morgan fingerprint density at radius 2 is 2.12 bits per heavy atom. The summed E-state index contributed by atoms with van der Waals surface area (Å²) >= 11 is 0. The van der Waals surface area contributed by atoms with E-state index in [9.17, 15) is 4.79 Å². The average molecular weight is 218 g/mol. The molecule has 0 aromatic carbocycles. The Balaban J connectivity index is 2.61. The van der Waals surface area contributed by atoms with Crippen molar-refractivity contribution in [2.24, 2.45) is 0 Å². The van der Waals surface area contributed by atoms with Gasteiger partial charge >= 0.3 is 0 Å². The molecule has 0 radical (unpaired) electrons. The lowest BCUT2D eigenvalue weighted by atomic mass is 10.1. The van der Waals surface area contributed by atoms with Crippen LogP contribution in [-0.4, -0.2) is 9.72 Å². The van der Waals surface area contributed by atoms with E-state index in [4.69, 9.17) is 4.52 Å². The van der Waals surface area contributed by atoms with Gasteiger partial charge in [0.1, 0.15) is 5.76 Å². The standard InChI is InChI=1S/C12H14N2O2/c1-4-14-7-10(5-6-11(14)15)12-8(2)13-16-9(12)3/h5-7H,4H2,1-3H3. The molecular formula is C12H14N2O2. The van der Waals surface area contributed by atoms with Gasteiger partial charge in [-0.15, -0.1) is 0 Å². The first-order chi connectivity index (χ1) is 7.63. The molecule has 16 heavy (non-hydrogen) atoms. The van der Waals surface area contributed by atoms with E-state index in [-0.39, 0.29) is 5.56 Å². The van der Waals surface area contributed by atoms with Gasteiger partial charge in [0.25, 0.3) is 5.56 Å². The first kappa shape index (κ1) is 10.7. The van der Waals surface area contributed by atoms with Gasteiger partial charge in [-0.3, -0.25) is 4.79 Å². The van der Waals surface area contributed by atoms with Crippen LogP contribution in [0.4, 0.5) is 0 Å². The average Bonchev–Trinajstić information content (AvgIpc) is 2.60. The molecule has 0 saturated carbocycles. The van der Waals surface area contributed by atoms with Crippen LogP contribution in [0.3, 0.4) is 0 Å². The van der Waals surface area contributed by atoms with E-state index < -0.39 is 0 Å². The summed E-state index contributed by atoms with van der Waals surface area (Å²) in [5.41, 5.74) is 2.80. The second kappa shape index (κ2) is 3.96. The Labute approximate surface area is 93.5 Å². The zero-order valence-electron chi connectivity index (χ0n) is 9.65. The van der Waals surface area contributed by atoms with Crippen LogP contribution in [0, 0.1) is 13.8 Å². The van der Waals surface area contributed by atoms with E-state index in [2.05, 4.69) is 5.16 Å². The predicted octanol–water partition coefficient (Wildman–Crippen LogP) is 2.14. The monoisotopic (exact) mass is 218 g/mol. The summed E-state index contributed by atoms with van der Waals surface area (Å²) < 4.78 is 6.78. The second-order valence-electron chi connectivity index (χ2n) is 3.74. The summed E-state index contributed by atoms with van der Waals surface area (Å²) in [6, 6.07) is 3.38. The number of hydrogen-bond acceptors (Lipinski definition) is 3. The summed E-state index contributed by atoms with van der Waals surface area (Å²) in [5.74, 6) is 0.777. The van der Waals surface area contributed by atoms with E-state index >= 15 is 0 Å². The molecular weight excluding hydrogens is 204 g/mol. The van der Waals surface area contributed by atoms with Gasteiger partial charge in [0, 0.05) is 29.9 Å². The Morgan fingerprint density at radius 1 is 1.38 bits per heavy atom. The van der Waals surface area contributed by atoms with E-state index in [0.29, 0.717) is 6.54 Å². The maximum atomic E-state index is 11.5. The molecule has 0 N–H and O–H groups in total. The molecule has 0 spiro atoms. The molecule has 0 saturated heterocycles. The second-order valence-corrected chi connectivity index (χ2v) is 3.74. The van der Waals surface area contributed by atoms with Crippen LogP contribution in [0.15, 0.2) is 27.6 Å². The lowest BCUT2D eigenvalue weighted by Gasteiger charge is -2.05. The third-order valence-corrected chi connectivity index (χ3v) is 2.65. The Morgan fingerprint density at radius 3 is 2.69 bits per heavy atom. The van der Waals surface area contributed by atoms with Crippen molar-refractivity contribution in [3.05, 3.63) is 40.1 Å². The molecule has 84 valence electrons. The summed E-state index contributed by atoms with van der Waals surface area (Å²) in [7, 11) is 0. The molecule has 0 bridgehead atoms. The van der Waals surface area contributed by atoms with Crippen molar-refractivity contribution in [1.29, 1.82) is 0 Å². The third-order valence-electron chi connectivity index (χ3n) is 2.65. The first-order valence-electron chi connectivity index (χ1n) is 5.27. The molecule has 0 atom stereocenters. The number of aryl methyl sites for hydroxylation is 3. The Kier molecular flexibility index (Phi) is 2.64. The zero-order chi connectivity index (χ0) is 11.7. The topological polar surface area (TPSA) is 48.0 Å². The maximum absolute atomic E-state index is 11.5. The highest BCUT2D eigenvalue weighted by atomic mass is 16.5. The molecule has 2 aromatic heterocycles. The van der Waals surface area contributed by atoms with Crippen LogP contribution in [0.1, 0.15) is 18.4 Å². The van der Waals surface area contributed by atoms with Gasteiger partial charge in [0.2, 0.25) is 0 Å². The fourth-order valence-electron chi connectivity index (χ4n) is 1.82. The molecule has 2 heterocycles. The molecule has 0 amide bonds. The van der Waals surface area contributed by atoms with Crippen molar-refractivity contribution < 1.29 is 4.52 Å². The summed E-state index contributed by atoms with van der Waals surface area (Å²) in [6.45, 7) is 6.37. The van der Waals surface area contributed by atoms with E-state index in [1.54, 1.807) is 16.7 Å². The van der Waals surface area contributed by atoms with Gasteiger partial charge in [0.05, 0.1) is 5.69 Å². The minimum Gasteiger partial charge on any atom is -0.361 e. The van der Waals surface area contributed by atoms with Gasteiger partial charge in [-0.1, -0.05) is 5.16 Å². The van der Waals surface area contributed by atoms with Gasteiger partial charge in [-0.2, -0.15) is 0 Å². The Bertz CT molecular complexity index is 547. The zero-order valence-corrected chi connectivity index (χ0v) is 9.65. The first-order valence-corrected chi connectivity index (χ1v) is 5.27. The van der Waals surface area contributed by atoms with Crippen molar-refractivity contribution in [3.8, 4) is 11.1 Å². The highest BCUT2D eigenvalue weighted by molar-refractivity contribution is 5.66. The van der Waals surface area contributed by atoms with Crippen molar-refractivity contribution in [2.45, 2.75) is 27.3 Å². The van der Waals surface area contributed by atoms with E-state index in [1.807, 2.05) is 27.0 Å². The fourth-order valence-corrected chi connectivity index (χ4v) is 1.82. The number of pyridine rings is 1. The van der Waals surface area contributed by atoms with Crippen LogP contribution < -0.4 is 5.56 Å². The molecule has 0 aliphatic carbocycles. The minimum atomic E-state index is 0.0120. The normalized spacial score (nSPS) is 10.7. The van der Waals surface area contributed by atoms with Crippen molar-refractivity contribution >= 4 is 0 Å². The third kappa shape index (κ3) is 1.66. The smallest absolute Gasteiger partial charge is 0.250 e. The molecule has 2 rings (SSSR count). The number of hydrogen-bond donors (Lipinski definition) is 0. The van der Waals surface area contributed by atoms with Crippen molar-refractivity contribution in [3.63, 3.8) is 0 Å². The van der Waals surface area contributed by atoms with Gasteiger partial charge in [0.15, 0.2) is 0 Å². The quantitative estimate of drug-likeness (QED) is 0.775. The largest absolute Gasteiger partial charge is 0.361 e. The molecule has 0 aliphatic rings. The van der Waals surface area contributed by atoms with Crippen LogP contribution in [0.2, 0.25) is 0 Å². The summed E-state index contributed by atoms with van der Waals surface area (Å²) in [5, 5.41) is 3.91. The van der Waals surface area contributed by atoms with Gasteiger partial charge in [-0.25, -0.2) is 0 Å². The molecule has 0 unspecified atom stereocenters. The fraction of sp³-hybridized carbons (Fsp3) is 0.333. The summed E-state index contributed by atoms with van der Waals surface area (Å²) in [4.78, 5) is 11.5. The van der Waals surface area contributed by atoms with Crippen LogP contribution in [0.25, 0.3) is 11.1 Å². The molecule has 4 heteroatoms. The molecule has 2 aromatic rings. The highest BCUT2D eigenvalue weighted by Gasteiger charge is 2.11. The SMILES string of the molecule is CCn1cc(-c2c(C)noc2C)ccc1=O. The highest BCUT2D eigenvalue weighted by Crippen LogP contribution is 2.25. The van der Waals surface area contributed by atoms with Crippen molar-refractivity contribution in [2.75, 3.05) is 0 Å². The number of rotatable bonds is 2.